The molecule has 0 radical (unpaired) electrons. The van der Waals surface area contributed by atoms with E-state index in [0.717, 1.165) is 4.90 Å². The molecule has 0 unspecified atom stereocenters. The van der Waals surface area contributed by atoms with E-state index in [-0.39, 0.29) is 22.9 Å². The second-order valence-corrected chi connectivity index (χ2v) is 5.10. The van der Waals surface area contributed by atoms with Crippen molar-refractivity contribution in [3.8, 4) is 0 Å². The van der Waals surface area contributed by atoms with Crippen molar-refractivity contribution in [2.45, 2.75) is 4.90 Å². The average Bonchev–Trinajstić information content (AvgIpc) is 2.46. The van der Waals surface area contributed by atoms with Crippen molar-refractivity contribution in [3.63, 3.8) is 0 Å². The zero-order chi connectivity index (χ0) is 14.5. The first kappa shape index (κ1) is 14.3. The highest BCUT2D eigenvalue weighted by Gasteiger charge is 2.07. The maximum atomic E-state index is 12.7. The number of carbonyl (C=O) groups excluding carboxylic acids is 1. The third-order valence-electron chi connectivity index (χ3n) is 2.64. The second-order valence-electron chi connectivity index (χ2n) is 4.05. The molecule has 5 heteroatoms. The number of aromatic carboxylic acids is 1. The van der Waals surface area contributed by atoms with Crippen LogP contribution in [0.1, 0.15) is 20.7 Å². The molecule has 20 heavy (non-hydrogen) atoms. The van der Waals surface area contributed by atoms with E-state index < -0.39 is 5.97 Å². The molecule has 0 bridgehead atoms. The van der Waals surface area contributed by atoms with Crippen LogP contribution in [-0.2, 0) is 0 Å². The van der Waals surface area contributed by atoms with Gasteiger partial charge in [-0.3, -0.25) is 4.79 Å². The van der Waals surface area contributed by atoms with Crippen LogP contribution in [-0.4, -0.2) is 22.6 Å². The van der Waals surface area contributed by atoms with Gasteiger partial charge in [0.2, 0.25) is 0 Å². The Morgan fingerprint density at radius 2 is 1.50 bits per heavy atom. The zero-order valence-electron chi connectivity index (χ0n) is 10.4. The predicted molar refractivity (Wildman–Crippen MR) is 74.9 cm³/mol. The maximum absolute atomic E-state index is 12.7. The molecule has 102 valence electrons. The molecule has 0 aromatic heterocycles. The van der Waals surface area contributed by atoms with Gasteiger partial charge in [-0.25, -0.2) is 9.18 Å². The largest absolute Gasteiger partial charge is 0.478 e. The van der Waals surface area contributed by atoms with E-state index in [0.29, 0.717) is 5.56 Å². The number of carboxylic acid groups (broad SMARTS) is 1. The Kier molecular flexibility index (Phi) is 4.53. The first-order chi connectivity index (χ1) is 9.56. The molecule has 3 nitrogen and oxygen atoms in total. The number of carboxylic acids is 1. The lowest BCUT2D eigenvalue weighted by Crippen LogP contribution is -2.02. The Labute approximate surface area is 119 Å². The number of carbonyl (C=O) groups is 2. The lowest BCUT2D eigenvalue weighted by atomic mass is 10.1. The number of benzene rings is 2. The maximum Gasteiger partial charge on any atom is 0.335 e. The van der Waals surface area contributed by atoms with Crippen LogP contribution in [0.25, 0.3) is 0 Å². The van der Waals surface area contributed by atoms with Gasteiger partial charge in [0.05, 0.1) is 11.3 Å². The standard InChI is InChI=1S/C15H11FO3S/c16-12-5-1-10(2-6-12)14(17)9-20-13-7-3-11(4-8-13)15(18)19/h1-8H,9H2,(H,18,19). The summed E-state index contributed by atoms with van der Waals surface area (Å²) in [4.78, 5) is 23.4. The molecule has 0 aliphatic heterocycles. The topological polar surface area (TPSA) is 54.4 Å². The van der Waals surface area contributed by atoms with Crippen LogP contribution in [0.15, 0.2) is 53.4 Å². The minimum absolute atomic E-state index is 0.0997. The van der Waals surface area contributed by atoms with E-state index in [1.807, 2.05) is 0 Å². The molecule has 0 saturated heterocycles. The number of halogens is 1. The molecule has 0 aliphatic carbocycles. The van der Waals surface area contributed by atoms with Crippen LogP contribution >= 0.6 is 11.8 Å². The van der Waals surface area contributed by atoms with E-state index >= 15 is 0 Å². The fourth-order valence-electron chi connectivity index (χ4n) is 1.56. The summed E-state index contributed by atoms with van der Waals surface area (Å²) in [5.74, 6) is -1.24. The van der Waals surface area contributed by atoms with Crippen LogP contribution in [0.4, 0.5) is 4.39 Å². The zero-order valence-corrected chi connectivity index (χ0v) is 11.2. The number of rotatable bonds is 5. The minimum atomic E-state index is -0.982. The van der Waals surface area contributed by atoms with E-state index in [4.69, 9.17) is 5.11 Å². The SMILES string of the molecule is O=C(O)c1ccc(SCC(=O)c2ccc(F)cc2)cc1. The molecule has 1 N–H and O–H groups in total. The molecule has 0 aliphatic rings. The Morgan fingerprint density at radius 3 is 2.05 bits per heavy atom. The Hall–Kier alpha value is -2.14. The highest BCUT2D eigenvalue weighted by molar-refractivity contribution is 8.00. The molecule has 0 heterocycles. The fourth-order valence-corrected chi connectivity index (χ4v) is 2.35. The summed E-state index contributed by atoms with van der Waals surface area (Å²) in [6.45, 7) is 0. The molecule has 0 spiro atoms. The summed E-state index contributed by atoms with van der Waals surface area (Å²) in [6, 6.07) is 11.7. The van der Waals surface area contributed by atoms with Gasteiger partial charge in [0.15, 0.2) is 5.78 Å². The summed E-state index contributed by atoms with van der Waals surface area (Å²) < 4.78 is 12.7. The number of hydrogen-bond donors (Lipinski definition) is 1. The van der Waals surface area contributed by atoms with E-state index in [2.05, 4.69) is 0 Å². The quantitative estimate of drug-likeness (QED) is 0.676. The molecule has 0 fully saturated rings. The molecule has 2 aromatic rings. The van der Waals surface area contributed by atoms with Gasteiger partial charge in [-0.1, -0.05) is 0 Å². The van der Waals surface area contributed by atoms with Crippen molar-refractivity contribution in [2.24, 2.45) is 0 Å². The van der Waals surface area contributed by atoms with Gasteiger partial charge in [-0.2, -0.15) is 0 Å². The van der Waals surface area contributed by atoms with Gasteiger partial charge >= 0.3 is 5.97 Å². The summed E-state index contributed by atoms with van der Waals surface area (Å²) in [7, 11) is 0. The van der Waals surface area contributed by atoms with Gasteiger partial charge in [0.1, 0.15) is 5.82 Å². The first-order valence-electron chi connectivity index (χ1n) is 5.81. The Bertz CT molecular complexity index is 621. The average molecular weight is 290 g/mol. The second kappa shape index (κ2) is 6.34. The van der Waals surface area contributed by atoms with Gasteiger partial charge < -0.3 is 5.11 Å². The number of Topliss-reactive ketones (excluding diaryl/α,β-unsaturated/α-hetero) is 1. The molecule has 2 aromatic carbocycles. The van der Waals surface area contributed by atoms with Gasteiger partial charge in [-0.05, 0) is 48.5 Å². The summed E-state index contributed by atoms with van der Waals surface area (Å²) in [6.07, 6.45) is 0. The lowest BCUT2D eigenvalue weighted by Gasteiger charge is -2.02. The first-order valence-corrected chi connectivity index (χ1v) is 6.80. The smallest absolute Gasteiger partial charge is 0.335 e. The van der Waals surface area contributed by atoms with Crippen molar-refractivity contribution in [2.75, 3.05) is 5.75 Å². The van der Waals surface area contributed by atoms with Crippen LogP contribution in [0.3, 0.4) is 0 Å². The Morgan fingerprint density at radius 1 is 0.950 bits per heavy atom. The monoisotopic (exact) mass is 290 g/mol. The number of hydrogen-bond acceptors (Lipinski definition) is 3. The van der Waals surface area contributed by atoms with Gasteiger partial charge in [0.25, 0.3) is 0 Å². The molecule has 2 rings (SSSR count). The van der Waals surface area contributed by atoms with Gasteiger partial charge in [0, 0.05) is 10.5 Å². The van der Waals surface area contributed by atoms with Crippen molar-refractivity contribution in [1.29, 1.82) is 0 Å². The summed E-state index contributed by atoms with van der Waals surface area (Å²) in [5.41, 5.74) is 0.667. The van der Waals surface area contributed by atoms with Crippen LogP contribution in [0, 0.1) is 5.82 Å². The molecule has 0 atom stereocenters. The van der Waals surface area contributed by atoms with E-state index in [1.54, 1.807) is 12.1 Å². The lowest BCUT2D eigenvalue weighted by molar-refractivity contribution is 0.0696. The van der Waals surface area contributed by atoms with Gasteiger partial charge in [-0.15, -0.1) is 11.8 Å². The Balaban J connectivity index is 1.96. The van der Waals surface area contributed by atoms with Crippen molar-refractivity contribution >= 4 is 23.5 Å². The van der Waals surface area contributed by atoms with E-state index in [1.165, 1.54) is 48.2 Å². The molecular formula is C15H11FO3S. The van der Waals surface area contributed by atoms with Crippen molar-refractivity contribution in [1.82, 2.24) is 0 Å². The summed E-state index contributed by atoms with van der Waals surface area (Å²) in [5, 5.41) is 8.77. The van der Waals surface area contributed by atoms with Crippen LogP contribution < -0.4 is 0 Å². The molecule has 0 amide bonds. The minimum Gasteiger partial charge on any atom is -0.478 e. The third-order valence-corrected chi connectivity index (χ3v) is 3.65. The third kappa shape index (κ3) is 3.68. The fraction of sp³-hybridized carbons (Fsp3) is 0.0667. The van der Waals surface area contributed by atoms with E-state index in [9.17, 15) is 14.0 Å². The van der Waals surface area contributed by atoms with Crippen LogP contribution in [0.5, 0.6) is 0 Å². The highest BCUT2D eigenvalue weighted by Crippen LogP contribution is 2.20. The predicted octanol–water partition coefficient (Wildman–Crippen LogP) is 3.50. The molecule has 0 saturated carbocycles. The van der Waals surface area contributed by atoms with Crippen LogP contribution in [0.2, 0.25) is 0 Å². The number of ketones is 1. The van der Waals surface area contributed by atoms with Crippen molar-refractivity contribution < 1.29 is 19.1 Å². The number of thioether (sulfide) groups is 1. The van der Waals surface area contributed by atoms with Crippen molar-refractivity contribution in [3.05, 3.63) is 65.5 Å². The highest BCUT2D eigenvalue weighted by atomic mass is 32.2. The molecular weight excluding hydrogens is 279 g/mol. The normalized spacial score (nSPS) is 10.2. The summed E-state index contributed by atoms with van der Waals surface area (Å²) >= 11 is 1.31.